The van der Waals surface area contributed by atoms with E-state index in [9.17, 15) is 4.79 Å². The maximum atomic E-state index is 12.2. The maximum absolute atomic E-state index is 12.2. The van der Waals surface area contributed by atoms with Crippen LogP contribution in [0.3, 0.4) is 0 Å². The van der Waals surface area contributed by atoms with Crippen LogP contribution < -0.4 is 5.32 Å². The van der Waals surface area contributed by atoms with Gasteiger partial charge in [0.25, 0.3) is 0 Å². The Hall–Kier alpha value is -0.610. The van der Waals surface area contributed by atoms with Gasteiger partial charge in [-0.3, -0.25) is 9.69 Å². The van der Waals surface area contributed by atoms with Crippen molar-refractivity contribution >= 4 is 5.91 Å². The van der Waals surface area contributed by atoms with E-state index in [0.29, 0.717) is 31.0 Å². The van der Waals surface area contributed by atoms with Gasteiger partial charge in [-0.1, -0.05) is 40.0 Å². The number of carbonyl (C=O) groups is 1. The summed E-state index contributed by atoms with van der Waals surface area (Å²) in [5.74, 6) is 1.37. The van der Waals surface area contributed by atoms with Crippen molar-refractivity contribution in [3.05, 3.63) is 0 Å². The lowest BCUT2D eigenvalue weighted by molar-refractivity contribution is -0.123. The molecule has 0 aromatic rings. The lowest BCUT2D eigenvalue weighted by Gasteiger charge is -2.35. The van der Waals surface area contributed by atoms with Crippen LogP contribution in [-0.4, -0.2) is 48.2 Å². The average molecular weight is 284 g/mol. The lowest BCUT2D eigenvalue weighted by Crippen LogP contribution is -2.47. The molecule has 0 heterocycles. The van der Waals surface area contributed by atoms with Crippen molar-refractivity contribution in [3.8, 4) is 0 Å². The van der Waals surface area contributed by atoms with Gasteiger partial charge in [0.05, 0.1) is 13.2 Å². The van der Waals surface area contributed by atoms with Gasteiger partial charge in [0.2, 0.25) is 5.91 Å². The number of nitrogens with zero attached hydrogens (tertiary/aromatic N) is 1. The lowest BCUT2D eigenvalue weighted by atomic mass is 9.78. The van der Waals surface area contributed by atoms with Crippen LogP contribution in [0.4, 0.5) is 0 Å². The van der Waals surface area contributed by atoms with Crippen molar-refractivity contribution in [2.45, 2.75) is 58.9 Å². The van der Waals surface area contributed by atoms with Crippen molar-refractivity contribution in [1.29, 1.82) is 0 Å². The predicted octanol–water partition coefficient (Wildman–Crippen LogP) is 2.02. The molecule has 20 heavy (non-hydrogen) atoms. The molecule has 1 amide bonds. The summed E-state index contributed by atoms with van der Waals surface area (Å²) in [5.41, 5.74) is 0. The Labute approximate surface area is 123 Å². The Morgan fingerprint density at radius 2 is 2.05 bits per heavy atom. The van der Waals surface area contributed by atoms with Crippen LogP contribution in [0.2, 0.25) is 0 Å². The normalized spacial score (nSPS) is 26.8. The van der Waals surface area contributed by atoms with E-state index in [-0.39, 0.29) is 12.5 Å². The molecule has 4 heteroatoms. The molecule has 3 atom stereocenters. The highest BCUT2D eigenvalue weighted by atomic mass is 16.3. The molecule has 0 saturated heterocycles. The number of nitrogens with one attached hydrogen (secondary N) is 1. The molecule has 0 aliphatic heterocycles. The van der Waals surface area contributed by atoms with Gasteiger partial charge in [-0.25, -0.2) is 0 Å². The second kappa shape index (κ2) is 9.35. The molecule has 1 aliphatic carbocycles. The van der Waals surface area contributed by atoms with E-state index in [4.69, 9.17) is 5.11 Å². The van der Waals surface area contributed by atoms with Crippen molar-refractivity contribution in [1.82, 2.24) is 10.2 Å². The number of hydrogen-bond acceptors (Lipinski definition) is 3. The van der Waals surface area contributed by atoms with Crippen LogP contribution >= 0.6 is 0 Å². The van der Waals surface area contributed by atoms with Gasteiger partial charge in [0.1, 0.15) is 0 Å². The predicted molar refractivity (Wildman–Crippen MR) is 82.5 cm³/mol. The van der Waals surface area contributed by atoms with Crippen LogP contribution in [0.15, 0.2) is 0 Å². The van der Waals surface area contributed by atoms with E-state index in [0.717, 1.165) is 25.8 Å². The zero-order chi connectivity index (χ0) is 15.0. The summed E-state index contributed by atoms with van der Waals surface area (Å²) < 4.78 is 0. The third-order valence-electron chi connectivity index (χ3n) is 4.66. The number of rotatable bonds is 8. The SMILES string of the molecule is CCCCN(CCO)CC(=O)NC1CCCC(C)C1C. The molecule has 0 radical (unpaired) electrons. The van der Waals surface area contributed by atoms with E-state index in [1.165, 1.54) is 12.8 Å². The standard InChI is InChI=1S/C16H32N2O2/c1-4-5-9-18(10-11-19)12-16(20)17-15-8-6-7-13(2)14(15)3/h13-15,19H,4-12H2,1-3H3,(H,17,20). The van der Waals surface area contributed by atoms with Crippen LogP contribution in [0, 0.1) is 11.8 Å². The summed E-state index contributed by atoms with van der Waals surface area (Å²) in [5, 5.41) is 12.3. The Kier molecular flexibility index (Phi) is 8.15. The van der Waals surface area contributed by atoms with Crippen LogP contribution in [0.25, 0.3) is 0 Å². The number of unbranched alkanes of at least 4 members (excludes halogenated alkanes) is 1. The number of hydrogen-bond donors (Lipinski definition) is 2. The average Bonchev–Trinajstić information content (AvgIpc) is 2.41. The molecule has 0 aromatic heterocycles. The third-order valence-corrected chi connectivity index (χ3v) is 4.66. The van der Waals surface area contributed by atoms with Crippen LogP contribution in [0.5, 0.6) is 0 Å². The van der Waals surface area contributed by atoms with E-state index in [1.807, 2.05) is 0 Å². The summed E-state index contributed by atoms with van der Waals surface area (Å²) in [4.78, 5) is 14.2. The molecule has 0 bridgehead atoms. The van der Waals surface area contributed by atoms with E-state index in [2.05, 4.69) is 31.0 Å². The fraction of sp³-hybridized carbons (Fsp3) is 0.938. The highest BCUT2D eigenvalue weighted by Gasteiger charge is 2.28. The number of amides is 1. The topological polar surface area (TPSA) is 52.6 Å². The number of aliphatic hydroxyl groups excluding tert-OH is 1. The smallest absolute Gasteiger partial charge is 0.234 e. The highest BCUT2D eigenvalue weighted by molar-refractivity contribution is 5.78. The summed E-state index contributed by atoms with van der Waals surface area (Å²) in [6, 6.07) is 0.327. The molecular formula is C16H32N2O2. The summed E-state index contributed by atoms with van der Waals surface area (Å²) in [6.45, 7) is 8.68. The van der Waals surface area contributed by atoms with Gasteiger partial charge in [0.15, 0.2) is 0 Å². The molecular weight excluding hydrogens is 252 g/mol. The minimum absolute atomic E-state index is 0.112. The van der Waals surface area contributed by atoms with Crippen LogP contribution in [-0.2, 0) is 4.79 Å². The first kappa shape index (κ1) is 17.4. The first-order valence-corrected chi connectivity index (χ1v) is 8.21. The van der Waals surface area contributed by atoms with Gasteiger partial charge in [0, 0.05) is 12.6 Å². The first-order chi connectivity index (χ1) is 9.58. The monoisotopic (exact) mass is 284 g/mol. The first-order valence-electron chi connectivity index (χ1n) is 8.21. The van der Waals surface area contributed by atoms with Gasteiger partial charge in [-0.05, 0) is 31.2 Å². The minimum Gasteiger partial charge on any atom is -0.395 e. The molecule has 2 N–H and O–H groups in total. The molecule has 1 fully saturated rings. The third kappa shape index (κ3) is 5.80. The summed E-state index contributed by atoms with van der Waals surface area (Å²) >= 11 is 0. The molecule has 0 aromatic carbocycles. The largest absolute Gasteiger partial charge is 0.395 e. The van der Waals surface area contributed by atoms with Crippen molar-refractivity contribution in [3.63, 3.8) is 0 Å². The van der Waals surface area contributed by atoms with Gasteiger partial charge in [-0.2, -0.15) is 0 Å². The second-order valence-electron chi connectivity index (χ2n) is 6.29. The van der Waals surface area contributed by atoms with E-state index >= 15 is 0 Å². The number of aliphatic hydroxyl groups is 1. The highest BCUT2D eigenvalue weighted by Crippen LogP contribution is 2.29. The molecule has 0 spiro atoms. The molecule has 1 saturated carbocycles. The zero-order valence-electron chi connectivity index (χ0n) is 13.4. The number of carbonyl (C=O) groups excluding carboxylic acids is 1. The fourth-order valence-electron chi connectivity index (χ4n) is 3.03. The Morgan fingerprint density at radius 1 is 1.30 bits per heavy atom. The minimum atomic E-state index is 0.112. The summed E-state index contributed by atoms with van der Waals surface area (Å²) in [7, 11) is 0. The molecule has 4 nitrogen and oxygen atoms in total. The zero-order valence-corrected chi connectivity index (χ0v) is 13.4. The van der Waals surface area contributed by atoms with E-state index < -0.39 is 0 Å². The Balaban J connectivity index is 2.39. The van der Waals surface area contributed by atoms with E-state index in [1.54, 1.807) is 0 Å². The molecule has 1 rings (SSSR count). The molecule has 3 unspecified atom stereocenters. The quantitative estimate of drug-likeness (QED) is 0.717. The van der Waals surface area contributed by atoms with Gasteiger partial charge < -0.3 is 10.4 Å². The fourth-order valence-corrected chi connectivity index (χ4v) is 3.03. The second-order valence-corrected chi connectivity index (χ2v) is 6.29. The van der Waals surface area contributed by atoms with Gasteiger partial charge in [-0.15, -0.1) is 0 Å². The maximum Gasteiger partial charge on any atom is 0.234 e. The van der Waals surface area contributed by atoms with Crippen LogP contribution in [0.1, 0.15) is 52.9 Å². The van der Waals surface area contributed by atoms with Crippen molar-refractivity contribution in [2.24, 2.45) is 11.8 Å². The molecule has 118 valence electrons. The van der Waals surface area contributed by atoms with Gasteiger partial charge >= 0.3 is 0 Å². The Bertz CT molecular complexity index is 284. The summed E-state index contributed by atoms with van der Waals surface area (Å²) in [6.07, 6.45) is 5.78. The Morgan fingerprint density at radius 3 is 2.70 bits per heavy atom. The molecule has 1 aliphatic rings. The van der Waals surface area contributed by atoms with Crippen molar-refractivity contribution < 1.29 is 9.90 Å². The van der Waals surface area contributed by atoms with Crippen molar-refractivity contribution in [2.75, 3.05) is 26.2 Å².